The topological polar surface area (TPSA) is 101 Å². The zero-order valence-corrected chi connectivity index (χ0v) is 21.0. The van der Waals surface area contributed by atoms with Gasteiger partial charge in [-0.2, -0.15) is 0 Å². The number of ether oxygens (including phenoxy) is 1. The molecule has 3 aromatic rings. The van der Waals surface area contributed by atoms with Gasteiger partial charge in [-0.05, 0) is 42.3 Å². The van der Waals surface area contributed by atoms with Crippen molar-refractivity contribution in [2.45, 2.75) is 29.2 Å². The largest absolute Gasteiger partial charge is 0.476 e. The van der Waals surface area contributed by atoms with Crippen molar-refractivity contribution in [3.05, 3.63) is 53.6 Å². The van der Waals surface area contributed by atoms with E-state index in [-0.39, 0.29) is 11.4 Å². The normalized spacial score (nSPS) is 15.8. The lowest BCUT2D eigenvalue weighted by Gasteiger charge is -2.34. The first-order chi connectivity index (χ1) is 15.7. The van der Waals surface area contributed by atoms with Gasteiger partial charge in [0, 0.05) is 10.8 Å². The predicted octanol–water partition coefficient (Wildman–Crippen LogP) is 4.53. The summed E-state index contributed by atoms with van der Waals surface area (Å²) in [5, 5.41) is 11.6. The minimum Gasteiger partial charge on any atom is -0.476 e. The van der Waals surface area contributed by atoms with Crippen molar-refractivity contribution in [3.8, 4) is 5.75 Å². The third kappa shape index (κ3) is 5.43. The maximum absolute atomic E-state index is 13.4. The monoisotopic (exact) mass is 524 g/mol. The molecule has 1 aliphatic heterocycles. The van der Waals surface area contributed by atoms with E-state index in [1.54, 1.807) is 36.0 Å². The van der Waals surface area contributed by atoms with E-state index in [9.17, 15) is 13.2 Å². The number of amides is 1. The lowest BCUT2D eigenvalue weighted by molar-refractivity contribution is -0.122. The highest BCUT2D eigenvalue weighted by molar-refractivity contribution is 8.01. The number of rotatable bonds is 7. The number of hydrogen-bond donors (Lipinski definition) is 1. The Hall–Kier alpha value is -2.34. The van der Waals surface area contributed by atoms with E-state index in [0.29, 0.717) is 27.5 Å². The fourth-order valence-corrected chi connectivity index (χ4v) is 6.38. The molecular formula is C21H21ClN4O4S3. The van der Waals surface area contributed by atoms with Crippen molar-refractivity contribution in [3.63, 3.8) is 0 Å². The van der Waals surface area contributed by atoms with Gasteiger partial charge in [-0.3, -0.25) is 14.4 Å². The van der Waals surface area contributed by atoms with E-state index in [2.05, 4.69) is 29.4 Å². The van der Waals surface area contributed by atoms with Gasteiger partial charge in [0.25, 0.3) is 15.9 Å². The summed E-state index contributed by atoms with van der Waals surface area (Å²) in [6, 6.07) is 12.6. The van der Waals surface area contributed by atoms with Crippen molar-refractivity contribution in [2.75, 3.05) is 21.9 Å². The van der Waals surface area contributed by atoms with Crippen molar-refractivity contribution < 1.29 is 17.9 Å². The number of hydrogen-bond acceptors (Lipinski definition) is 8. The van der Waals surface area contributed by atoms with Gasteiger partial charge in [0.2, 0.25) is 5.13 Å². The molecule has 1 amide bonds. The SMILES string of the molecule is CC(C)CSc1nnc(NC(=O)[C@@H]2CN(S(=O)(=O)c3ccc(Cl)cc3)c3ccccc3O2)s1. The van der Waals surface area contributed by atoms with Crippen LogP contribution in [0.2, 0.25) is 5.02 Å². The van der Waals surface area contributed by atoms with E-state index in [1.165, 1.54) is 39.9 Å². The van der Waals surface area contributed by atoms with Crippen LogP contribution in [0.3, 0.4) is 0 Å². The fraction of sp³-hybridized carbons (Fsp3) is 0.286. The highest BCUT2D eigenvalue weighted by atomic mass is 35.5. The molecule has 0 bridgehead atoms. The molecule has 1 N–H and O–H groups in total. The first-order valence-corrected chi connectivity index (χ1v) is 13.7. The van der Waals surface area contributed by atoms with Crippen molar-refractivity contribution in [1.29, 1.82) is 0 Å². The fourth-order valence-electron chi connectivity index (χ4n) is 3.04. The van der Waals surface area contributed by atoms with Crippen LogP contribution in [0.25, 0.3) is 0 Å². The molecule has 4 rings (SSSR count). The molecular weight excluding hydrogens is 504 g/mol. The number of nitrogens with one attached hydrogen (secondary N) is 1. The third-order valence-electron chi connectivity index (χ3n) is 4.61. The molecule has 8 nitrogen and oxygen atoms in total. The number of sulfonamides is 1. The minimum absolute atomic E-state index is 0.0682. The van der Waals surface area contributed by atoms with Gasteiger partial charge in [-0.15, -0.1) is 10.2 Å². The second-order valence-corrected chi connectivity index (χ2v) is 12.2. The van der Waals surface area contributed by atoms with E-state index in [0.717, 1.165) is 10.1 Å². The molecule has 12 heteroatoms. The summed E-state index contributed by atoms with van der Waals surface area (Å²) in [4.78, 5) is 13.0. The average Bonchev–Trinajstić information content (AvgIpc) is 3.24. The summed E-state index contributed by atoms with van der Waals surface area (Å²) in [5.41, 5.74) is 0.361. The van der Waals surface area contributed by atoms with Crippen LogP contribution in [0, 0.1) is 5.92 Å². The van der Waals surface area contributed by atoms with E-state index >= 15 is 0 Å². The Morgan fingerprint density at radius 3 is 2.70 bits per heavy atom. The number of carbonyl (C=O) groups excluding carboxylic acids is 1. The lowest BCUT2D eigenvalue weighted by atomic mass is 10.2. The van der Waals surface area contributed by atoms with Gasteiger partial charge in [-0.1, -0.05) is 60.7 Å². The molecule has 1 aromatic heterocycles. The molecule has 0 saturated heterocycles. The number of benzene rings is 2. The summed E-state index contributed by atoms with van der Waals surface area (Å²) < 4.78 is 34.6. The molecule has 1 aliphatic rings. The number of thioether (sulfide) groups is 1. The molecule has 2 aromatic carbocycles. The van der Waals surface area contributed by atoms with E-state index in [4.69, 9.17) is 16.3 Å². The summed E-state index contributed by atoms with van der Waals surface area (Å²) in [7, 11) is -3.96. The Bertz CT molecular complexity index is 1250. The lowest BCUT2D eigenvalue weighted by Crippen LogP contribution is -2.48. The molecule has 0 saturated carbocycles. The second-order valence-electron chi connectivity index (χ2n) is 7.63. The average molecular weight is 525 g/mol. The Morgan fingerprint density at radius 1 is 1.24 bits per heavy atom. The van der Waals surface area contributed by atoms with E-state index < -0.39 is 22.0 Å². The molecule has 0 aliphatic carbocycles. The van der Waals surface area contributed by atoms with Crippen LogP contribution < -0.4 is 14.4 Å². The Labute approximate surface area is 205 Å². The molecule has 0 radical (unpaired) electrons. The van der Waals surface area contributed by atoms with Crippen LogP contribution in [-0.4, -0.2) is 42.9 Å². The van der Waals surface area contributed by atoms with Crippen LogP contribution in [0.15, 0.2) is 57.8 Å². The first kappa shape index (κ1) is 23.8. The maximum atomic E-state index is 13.4. The van der Waals surface area contributed by atoms with Crippen LogP contribution in [0.4, 0.5) is 10.8 Å². The Balaban J connectivity index is 1.56. The van der Waals surface area contributed by atoms with Crippen LogP contribution in [-0.2, 0) is 14.8 Å². The number of carbonyl (C=O) groups is 1. The van der Waals surface area contributed by atoms with Gasteiger partial charge in [0.15, 0.2) is 10.4 Å². The number of anilines is 2. The van der Waals surface area contributed by atoms with Crippen molar-refractivity contribution in [1.82, 2.24) is 10.2 Å². The van der Waals surface area contributed by atoms with Crippen molar-refractivity contribution >= 4 is 61.4 Å². The summed E-state index contributed by atoms with van der Waals surface area (Å²) in [6.45, 7) is 4.03. The maximum Gasteiger partial charge on any atom is 0.269 e. The highest BCUT2D eigenvalue weighted by Gasteiger charge is 2.37. The summed E-state index contributed by atoms with van der Waals surface area (Å²) in [5.74, 6) is 1.19. The van der Waals surface area contributed by atoms with Crippen LogP contribution in [0.1, 0.15) is 13.8 Å². The summed E-state index contributed by atoms with van der Waals surface area (Å²) in [6.07, 6.45) is -1.07. The zero-order valence-electron chi connectivity index (χ0n) is 17.8. The number of fused-ring (bicyclic) bond motifs is 1. The summed E-state index contributed by atoms with van der Waals surface area (Å²) >= 11 is 8.75. The molecule has 0 fully saturated rings. The third-order valence-corrected chi connectivity index (χ3v) is 9.05. The molecule has 174 valence electrons. The number of halogens is 1. The minimum atomic E-state index is -3.96. The molecule has 0 spiro atoms. The van der Waals surface area contributed by atoms with E-state index in [1.807, 2.05) is 0 Å². The zero-order chi connectivity index (χ0) is 23.6. The van der Waals surface area contributed by atoms with Gasteiger partial charge < -0.3 is 4.74 Å². The standard InChI is InChI=1S/C21H21ClN4O4S3/c1-13(2)12-31-21-25-24-20(32-21)23-19(27)18-11-26(16-5-3-4-6-17(16)30-18)33(28,29)15-9-7-14(22)8-10-15/h3-10,13,18H,11-12H2,1-2H3,(H,23,24,27)/t18-/m0/s1. The van der Waals surface area contributed by atoms with Crippen LogP contribution >= 0.6 is 34.7 Å². The molecule has 0 unspecified atom stereocenters. The quantitative estimate of drug-likeness (QED) is 0.357. The molecule has 1 atom stereocenters. The molecule has 2 heterocycles. The van der Waals surface area contributed by atoms with Gasteiger partial charge in [-0.25, -0.2) is 8.42 Å². The smallest absolute Gasteiger partial charge is 0.269 e. The van der Waals surface area contributed by atoms with Crippen molar-refractivity contribution in [2.24, 2.45) is 5.92 Å². The number of aromatic nitrogens is 2. The second kappa shape index (κ2) is 9.88. The van der Waals surface area contributed by atoms with Gasteiger partial charge in [0.05, 0.1) is 17.1 Å². The first-order valence-electron chi connectivity index (χ1n) is 10.0. The number of para-hydroxylation sites is 2. The Morgan fingerprint density at radius 2 is 1.97 bits per heavy atom. The van der Waals surface area contributed by atoms with Gasteiger partial charge >= 0.3 is 0 Å². The number of nitrogens with zero attached hydrogens (tertiary/aromatic N) is 3. The van der Waals surface area contributed by atoms with Crippen LogP contribution in [0.5, 0.6) is 5.75 Å². The Kier molecular flexibility index (Phi) is 7.13. The molecule has 33 heavy (non-hydrogen) atoms. The highest BCUT2D eigenvalue weighted by Crippen LogP contribution is 2.37. The predicted molar refractivity (Wildman–Crippen MR) is 131 cm³/mol. The van der Waals surface area contributed by atoms with Gasteiger partial charge in [0.1, 0.15) is 5.75 Å².